The minimum Gasteiger partial charge on any atom is -0.497 e. The zero-order valence-electron chi connectivity index (χ0n) is 10.6. The maximum absolute atomic E-state index is 13.6. The minimum atomic E-state index is -0.571. The Morgan fingerprint density at radius 2 is 1.74 bits per heavy atom. The number of hydrogen-bond acceptors (Lipinski definition) is 2. The van der Waals surface area contributed by atoms with E-state index in [4.69, 9.17) is 10.5 Å². The van der Waals surface area contributed by atoms with Crippen LogP contribution in [0.15, 0.2) is 42.5 Å². The van der Waals surface area contributed by atoms with E-state index in [0.717, 1.165) is 5.56 Å². The van der Waals surface area contributed by atoms with Gasteiger partial charge in [0.25, 0.3) is 0 Å². The van der Waals surface area contributed by atoms with Gasteiger partial charge in [0, 0.05) is 11.6 Å². The molecule has 0 saturated carbocycles. The topological polar surface area (TPSA) is 35.2 Å². The average molecular weight is 263 g/mol. The number of halogens is 2. The molecule has 0 bridgehead atoms. The summed E-state index contributed by atoms with van der Waals surface area (Å²) in [5.41, 5.74) is 6.79. The van der Waals surface area contributed by atoms with Gasteiger partial charge in [-0.05, 0) is 36.2 Å². The van der Waals surface area contributed by atoms with Crippen LogP contribution in [0, 0.1) is 11.6 Å². The Kier molecular flexibility index (Phi) is 4.12. The van der Waals surface area contributed by atoms with Gasteiger partial charge in [-0.2, -0.15) is 0 Å². The standard InChI is InChI=1S/C15H15F2NO/c1-19-11-5-2-4-10(8-11)15(18)9-12-13(16)6-3-7-14(12)17/h2-8,15H,9,18H2,1H3. The van der Waals surface area contributed by atoms with Crippen LogP contribution in [0.2, 0.25) is 0 Å². The summed E-state index contributed by atoms with van der Waals surface area (Å²) in [6, 6.07) is 10.5. The smallest absolute Gasteiger partial charge is 0.129 e. The van der Waals surface area contributed by atoms with Gasteiger partial charge >= 0.3 is 0 Å². The van der Waals surface area contributed by atoms with Crippen molar-refractivity contribution in [3.63, 3.8) is 0 Å². The first-order valence-corrected chi connectivity index (χ1v) is 5.94. The van der Waals surface area contributed by atoms with Gasteiger partial charge in [0.1, 0.15) is 17.4 Å². The van der Waals surface area contributed by atoms with Gasteiger partial charge in [-0.25, -0.2) is 8.78 Å². The highest BCUT2D eigenvalue weighted by molar-refractivity contribution is 5.32. The van der Waals surface area contributed by atoms with Crippen LogP contribution in [0.25, 0.3) is 0 Å². The van der Waals surface area contributed by atoms with Gasteiger partial charge in [-0.1, -0.05) is 18.2 Å². The molecule has 0 radical (unpaired) electrons. The Morgan fingerprint density at radius 3 is 2.37 bits per heavy atom. The Labute approximate surface area is 110 Å². The molecule has 100 valence electrons. The van der Waals surface area contributed by atoms with Crippen LogP contribution in [0.1, 0.15) is 17.2 Å². The molecule has 0 aliphatic heterocycles. The third-order valence-electron chi connectivity index (χ3n) is 3.01. The summed E-state index contributed by atoms with van der Waals surface area (Å²) in [6.07, 6.45) is 0.103. The highest BCUT2D eigenvalue weighted by atomic mass is 19.1. The van der Waals surface area contributed by atoms with E-state index in [9.17, 15) is 8.78 Å². The molecular formula is C15H15F2NO. The molecule has 4 heteroatoms. The lowest BCUT2D eigenvalue weighted by molar-refractivity contribution is 0.413. The number of nitrogens with two attached hydrogens (primary N) is 1. The number of methoxy groups -OCH3 is 1. The van der Waals surface area contributed by atoms with Crippen molar-refractivity contribution in [2.24, 2.45) is 5.73 Å². The van der Waals surface area contributed by atoms with Gasteiger partial charge in [0.15, 0.2) is 0 Å². The highest BCUT2D eigenvalue weighted by Crippen LogP contribution is 2.23. The van der Waals surface area contributed by atoms with Crippen LogP contribution >= 0.6 is 0 Å². The van der Waals surface area contributed by atoms with Gasteiger partial charge in [-0.3, -0.25) is 0 Å². The van der Waals surface area contributed by atoms with Crippen molar-refractivity contribution in [1.82, 2.24) is 0 Å². The van der Waals surface area contributed by atoms with Crippen molar-refractivity contribution in [2.75, 3.05) is 7.11 Å². The summed E-state index contributed by atoms with van der Waals surface area (Å²) in [6.45, 7) is 0. The summed E-state index contributed by atoms with van der Waals surface area (Å²) in [4.78, 5) is 0. The zero-order valence-corrected chi connectivity index (χ0v) is 10.6. The van der Waals surface area contributed by atoms with Crippen LogP contribution in [-0.4, -0.2) is 7.11 Å². The van der Waals surface area contributed by atoms with Crippen LogP contribution in [0.3, 0.4) is 0 Å². The van der Waals surface area contributed by atoms with Gasteiger partial charge < -0.3 is 10.5 Å². The van der Waals surface area contributed by atoms with Crippen LogP contribution in [0.5, 0.6) is 5.75 Å². The van der Waals surface area contributed by atoms with Crippen LogP contribution in [-0.2, 0) is 6.42 Å². The normalized spacial score (nSPS) is 12.2. The van der Waals surface area contributed by atoms with E-state index in [0.29, 0.717) is 5.75 Å². The molecule has 2 aromatic carbocycles. The Bertz CT molecular complexity index is 552. The number of benzene rings is 2. The molecule has 0 aliphatic carbocycles. The molecule has 2 N–H and O–H groups in total. The molecule has 0 aliphatic rings. The third kappa shape index (κ3) is 3.09. The monoisotopic (exact) mass is 263 g/mol. The molecule has 0 aromatic heterocycles. The summed E-state index contributed by atoms with van der Waals surface area (Å²) >= 11 is 0. The van der Waals surface area contributed by atoms with Crippen molar-refractivity contribution in [2.45, 2.75) is 12.5 Å². The van der Waals surface area contributed by atoms with Crippen molar-refractivity contribution in [3.8, 4) is 5.75 Å². The lowest BCUT2D eigenvalue weighted by Gasteiger charge is -2.14. The van der Waals surface area contributed by atoms with Crippen LogP contribution in [0.4, 0.5) is 8.78 Å². The van der Waals surface area contributed by atoms with Gasteiger partial charge in [0.05, 0.1) is 7.11 Å². The van der Waals surface area contributed by atoms with E-state index in [1.165, 1.54) is 18.2 Å². The maximum atomic E-state index is 13.6. The molecule has 1 atom stereocenters. The number of hydrogen-bond donors (Lipinski definition) is 1. The molecule has 2 nitrogen and oxygen atoms in total. The Balaban J connectivity index is 2.23. The summed E-state index contributed by atoms with van der Waals surface area (Å²) in [5.74, 6) is -0.473. The summed E-state index contributed by atoms with van der Waals surface area (Å²) < 4.78 is 32.2. The lowest BCUT2D eigenvalue weighted by Crippen LogP contribution is -2.15. The first-order chi connectivity index (χ1) is 9.11. The molecule has 0 saturated heterocycles. The average Bonchev–Trinajstić information content (AvgIpc) is 2.43. The van der Waals surface area contributed by atoms with Crippen molar-refractivity contribution in [1.29, 1.82) is 0 Å². The van der Waals surface area contributed by atoms with Gasteiger partial charge in [-0.15, -0.1) is 0 Å². The first-order valence-electron chi connectivity index (χ1n) is 5.94. The van der Waals surface area contributed by atoms with E-state index in [2.05, 4.69) is 0 Å². The maximum Gasteiger partial charge on any atom is 0.129 e. The first kappa shape index (κ1) is 13.5. The Hall–Kier alpha value is -1.94. The second kappa shape index (κ2) is 5.80. The van der Waals surface area contributed by atoms with E-state index in [1.807, 2.05) is 6.07 Å². The molecule has 0 fully saturated rings. The molecule has 19 heavy (non-hydrogen) atoms. The predicted octanol–water partition coefficient (Wildman–Crippen LogP) is 3.22. The molecule has 2 rings (SSSR count). The molecule has 0 spiro atoms. The van der Waals surface area contributed by atoms with Crippen molar-refractivity contribution >= 4 is 0 Å². The van der Waals surface area contributed by atoms with Crippen molar-refractivity contribution < 1.29 is 13.5 Å². The van der Waals surface area contributed by atoms with E-state index in [1.54, 1.807) is 25.3 Å². The molecule has 0 heterocycles. The second-order valence-electron chi connectivity index (χ2n) is 4.29. The quantitative estimate of drug-likeness (QED) is 0.919. The van der Waals surface area contributed by atoms with Crippen molar-refractivity contribution in [3.05, 3.63) is 65.2 Å². The Morgan fingerprint density at radius 1 is 1.11 bits per heavy atom. The van der Waals surface area contributed by atoms with E-state index >= 15 is 0 Å². The molecular weight excluding hydrogens is 248 g/mol. The fraction of sp³-hybridized carbons (Fsp3) is 0.200. The summed E-state index contributed by atoms with van der Waals surface area (Å²) in [7, 11) is 1.56. The lowest BCUT2D eigenvalue weighted by atomic mass is 9.99. The number of rotatable bonds is 4. The molecule has 2 aromatic rings. The fourth-order valence-electron chi connectivity index (χ4n) is 1.94. The third-order valence-corrected chi connectivity index (χ3v) is 3.01. The summed E-state index contributed by atoms with van der Waals surface area (Å²) in [5, 5.41) is 0. The molecule has 0 amide bonds. The minimum absolute atomic E-state index is 0.0119. The highest BCUT2D eigenvalue weighted by Gasteiger charge is 2.14. The second-order valence-corrected chi connectivity index (χ2v) is 4.29. The largest absolute Gasteiger partial charge is 0.497 e. The van der Waals surface area contributed by atoms with E-state index in [-0.39, 0.29) is 12.0 Å². The van der Waals surface area contributed by atoms with E-state index < -0.39 is 17.7 Å². The van der Waals surface area contributed by atoms with Crippen LogP contribution < -0.4 is 10.5 Å². The number of ether oxygens (including phenoxy) is 1. The SMILES string of the molecule is COc1cccc(C(N)Cc2c(F)cccc2F)c1. The fourth-order valence-corrected chi connectivity index (χ4v) is 1.94. The zero-order chi connectivity index (χ0) is 13.8. The predicted molar refractivity (Wildman–Crippen MR) is 70.0 cm³/mol. The van der Waals surface area contributed by atoms with Gasteiger partial charge in [0.2, 0.25) is 0 Å². The molecule has 1 unspecified atom stereocenters.